The molecular formula is C12H11N5. The van der Waals surface area contributed by atoms with Gasteiger partial charge in [-0.1, -0.05) is 24.3 Å². The number of para-hydroxylation sites is 1. The first-order valence-corrected chi connectivity index (χ1v) is 5.40. The molecule has 5 heteroatoms. The zero-order chi connectivity index (χ0) is 11.7. The van der Waals surface area contributed by atoms with E-state index in [1.165, 1.54) is 0 Å². The van der Waals surface area contributed by atoms with Gasteiger partial charge in [0.05, 0.1) is 12.1 Å². The second kappa shape index (κ2) is 3.93. The van der Waals surface area contributed by atoms with E-state index in [1.807, 2.05) is 19.1 Å². The fourth-order valence-corrected chi connectivity index (χ4v) is 1.85. The van der Waals surface area contributed by atoms with Gasteiger partial charge >= 0.3 is 0 Å². The molecule has 0 amide bonds. The SMILES string of the molecule is Cc1nnnn1Cc1cccc2cccnc12. The Morgan fingerprint density at radius 1 is 1.18 bits per heavy atom. The molecule has 0 radical (unpaired) electrons. The summed E-state index contributed by atoms with van der Waals surface area (Å²) < 4.78 is 1.77. The smallest absolute Gasteiger partial charge is 0.148 e. The Hall–Kier alpha value is -2.30. The van der Waals surface area contributed by atoms with Gasteiger partial charge in [0.25, 0.3) is 0 Å². The molecule has 0 bridgehead atoms. The summed E-state index contributed by atoms with van der Waals surface area (Å²) in [6, 6.07) is 10.1. The van der Waals surface area contributed by atoms with Crippen molar-refractivity contribution in [1.29, 1.82) is 0 Å². The molecule has 0 saturated carbocycles. The molecule has 0 fully saturated rings. The molecule has 0 unspecified atom stereocenters. The minimum atomic E-state index is 0.646. The van der Waals surface area contributed by atoms with E-state index in [4.69, 9.17) is 0 Å². The van der Waals surface area contributed by atoms with E-state index in [9.17, 15) is 0 Å². The summed E-state index contributed by atoms with van der Waals surface area (Å²) in [7, 11) is 0. The van der Waals surface area contributed by atoms with Crippen molar-refractivity contribution in [3.05, 3.63) is 47.9 Å². The summed E-state index contributed by atoms with van der Waals surface area (Å²) in [6.45, 7) is 2.53. The van der Waals surface area contributed by atoms with Crippen LogP contribution in [0.15, 0.2) is 36.5 Å². The molecule has 2 heterocycles. The Kier molecular flexibility index (Phi) is 2.29. The molecule has 0 aliphatic rings. The molecule has 1 aromatic carbocycles. The summed E-state index contributed by atoms with van der Waals surface area (Å²) in [6.07, 6.45) is 1.80. The minimum Gasteiger partial charge on any atom is -0.256 e. The molecule has 5 nitrogen and oxygen atoms in total. The van der Waals surface area contributed by atoms with Crippen molar-refractivity contribution in [3.63, 3.8) is 0 Å². The van der Waals surface area contributed by atoms with Crippen LogP contribution in [-0.4, -0.2) is 25.2 Å². The maximum absolute atomic E-state index is 4.41. The van der Waals surface area contributed by atoms with Crippen LogP contribution < -0.4 is 0 Å². The van der Waals surface area contributed by atoms with Gasteiger partial charge in [-0.15, -0.1) is 5.10 Å². The fraction of sp³-hybridized carbons (Fsp3) is 0.167. The van der Waals surface area contributed by atoms with Crippen LogP contribution in [0.2, 0.25) is 0 Å². The van der Waals surface area contributed by atoms with E-state index in [0.29, 0.717) is 6.54 Å². The monoisotopic (exact) mass is 225 g/mol. The second-order valence-corrected chi connectivity index (χ2v) is 3.88. The van der Waals surface area contributed by atoms with E-state index in [-0.39, 0.29) is 0 Å². The molecule has 84 valence electrons. The first kappa shape index (κ1) is 9.89. The van der Waals surface area contributed by atoms with Crippen LogP contribution >= 0.6 is 0 Å². The molecule has 3 rings (SSSR count). The van der Waals surface area contributed by atoms with Crippen molar-refractivity contribution in [2.24, 2.45) is 0 Å². The third-order valence-corrected chi connectivity index (χ3v) is 2.75. The van der Waals surface area contributed by atoms with Gasteiger partial charge in [-0.3, -0.25) is 4.98 Å². The van der Waals surface area contributed by atoms with Crippen LogP contribution in [0.1, 0.15) is 11.4 Å². The van der Waals surface area contributed by atoms with E-state index in [0.717, 1.165) is 22.3 Å². The van der Waals surface area contributed by atoms with Gasteiger partial charge in [-0.2, -0.15) is 0 Å². The van der Waals surface area contributed by atoms with Crippen LogP contribution in [-0.2, 0) is 6.54 Å². The Balaban J connectivity index is 2.09. The number of benzene rings is 1. The maximum atomic E-state index is 4.41. The maximum Gasteiger partial charge on any atom is 0.148 e. The first-order chi connectivity index (χ1) is 8.34. The van der Waals surface area contributed by atoms with Crippen molar-refractivity contribution in [1.82, 2.24) is 25.2 Å². The molecule has 3 aromatic rings. The Morgan fingerprint density at radius 2 is 2.06 bits per heavy atom. The van der Waals surface area contributed by atoms with E-state index in [1.54, 1.807) is 10.9 Å². The summed E-state index contributed by atoms with van der Waals surface area (Å²) in [5.74, 6) is 0.804. The summed E-state index contributed by atoms with van der Waals surface area (Å²) in [5.41, 5.74) is 2.13. The topological polar surface area (TPSA) is 56.5 Å². The predicted molar refractivity (Wildman–Crippen MR) is 63.4 cm³/mol. The quantitative estimate of drug-likeness (QED) is 0.664. The van der Waals surface area contributed by atoms with Gasteiger partial charge < -0.3 is 0 Å². The molecular weight excluding hydrogens is 214 g/mol. The number of nitrogens with zero attached hydrogens (tertiary/aromatic N) is 5. The van der Waals surface area contributed by atoms with Gasteiger partial charge in [0.1, 0.15) is 5.82 Å². The minimum absolute atomic E-state index is 0.646. The average molecular weight is 225 g/mol. The third kappa shape index (κ3) is 1.75. The van der Waals surface area contributed by atoms with Gasteiger partial charge in [0, 0.05) is 11.6 Å². The number of hydrogen-bond acceptors (Lipinski definition) is 4. The van der Waals surface area contributed by atoms with Gasteiger partial charge in [-0.05, 0) is 29.0 Å². The molecule has 0 aliphatic heterocycles. The highest BCUT2D eigenvalue weighted by molar-refractivity contribution is 5.81. The molecule has 0 spiro atoms. The van der Waals surface area contributed by atoms with Crippen LogP contribution in [0.3, 0.4) is 0 Å². The van der Waals surface area contributed by atoms with Gasteiger partial charge in [0.2, 0.25) is 0 Å². The van der Waals surface area contributed by atoms with Gasteiger partial charge in [0.15, 0.2) is 0 Å². The van der Waals surface area contributed by atoms with Crippen molar-refractivity contribution in [2.75, 3.05) is 0 Å². The lowest BCUT2D eigenvalue weighted by Gasteiger charge is -2.05. The molecule has 0 atom stereocenters. The zero-order valence-electron chi connectivity index (χ0n) is 9.41. The number of tetrazole rings is 1. The van der Waals surface area contributed by atoms with Crippen LogP contribution in [0.5, 0.6) is 0 Å². The van der Waals surface area contributed by atoms with Crippen molar-refractivity contribution in [3.8, 4) is 0 Å². The van der Waals surface area contributed by atoms with E-state index < -0.39 is 0 Å². The number of fused-ring (bicyclic) bond motifs is 1. The number of rotatable bonds is 2. The highest BCUT2D eigenvalue weighted by Gasteiger charge is 2.05. The average Bonchev–Trinajstić information content (AvgIpc) is 2.76. The van der Waals surface area contributed by atoms with Crippen molar-refractivity contribution in [2.45, 2.75) is 13.5 Å². The van der Waals surface area contributed by atoms with Crippen molar-refractivity contribution >= 4 is 10.9 Å². The van der Waals surface area contributed by atoms with Crippen LogP contribution in [0, 0.1) is 6.92 Å². The van der Waals surface area contributed by atoms with Crippen molar-refractivity contribution < 1.29 is 0 Å². The number of hydrogen-bond donors (Lipinski definition) is 0. The Labute approximate surface area is 98.1 Å². The lowest BCUT2D eigenvalue weighted by Crippen LogP contribution is -2.05. The summed E-state index contributed by atoms with van der Waals surface area (Å²) >= 11 is 0. The number of pyridine rings is 1. The predicted octanol–water partition coefficient (Wildman–Crippen LogP) is 1.58. The van der Waals surface area contributed by atoms with Crippen LogP contribution in [0.25, 0.3) is 10.9 Å². The summed E-state index contributed by atoms with van der Waals surface area (Å²) in [5, 5.41) is 12.6. The molecule has 17 heavy (non-hydrogen) atoms. The molecule has 2 aromatic heterocycles. The lowest BCUT2D eigenvalue weighted by molar-refractivity contribution is 0.635. The third-order valence-electron chi connectivity index (χ3n) is 2.75. The second-order valence-electron chi connectivity index (χ2n) is 3.88. The summed E-state index contributed by atoms with van der Waals surface area (Å²) in [4.78, 5) is 4.41. The first-order valence-electron chi connectivity index (χ1n) is 5.40. The normalized spacial score (nSPS) is 10.9. The zero-order valence-corrected chi connectivity index (χ0v) is 9.41. The number of aryl methyl sites for hydroxylation is 1. The fourth-order valence-electron chi connectivity index (χ4n) is 1.85. The van der Waals surface area contributed by atoms with E-state index in [2.05, 4.69) is 38.7 Å². The largest absolute Gasteiger partial charge is 0.256 e. The highest BCUT2D eigenvalue weighted by Crippen LogP contribution is 2.16. The Morgan fingerprint density at radius 3 is 2.88 bits per heavy atom. The Bertz CT molecular complexity index is 653. The van der Waals surface area contributed by atoms with E-state index >= 15 is 0 Å². The molecule has 0 saturated heterocycles. The highest BCUT2D eigenvalue weighted by atomic mass is 15.5. The lowest BCUT2D eigenvalue weighted by atomic mass is 10.1. The number of aromatic nitrogens is 5. The standard InChI is InChI=1S/C12H11N5/c1-9-14-15-16-17(9)8-11-5-2-4-10-6-3-7-13-12(10)11/h2-7H,8H2,1H3. The molecule has 0 aliphatic carbocycles. The molecule has 0 N–H and O–H groups in total. The van der Waals surface area contributed by atoms with Gasteiger partial charge in [-0.25, -0.2) is 4.68 Å². The van der Waals surface area contributed by atoms with Crippen LogP contribution in [0.4, 0.5) is 0 Å².